The fourth-order valence-electron chi connectivity index (χ4n) is 4.48. The normalized spacial score (nSPS) is 23.0. The maximum atomic E-state index is 11.3. The Kier molecular flexibility index (Phi) is 8.38. The maximum absolute atomic E-state index is 11.3. The lowest BCUT2D eigenvalue weighted by Gasteiger charge is -2.42. The van der Waals surface area contributed by atoms with Gasteiger partial charge < -0.3 is 14.6 Å². The summed E-state index contributed by atoms with van der Waals surface area (Å²) in [4.78, 5) is 11.3. The van der Waals surface area contributed by atoms with Crippen molar-refractivity contribution in [1.82, 2.24) is 0 Å². The van der Waals surface area contributed by atoms with Crippen LogP contribution in [0.4, 0.5) is 0 Å². The van der Waals surface area contributed by atoms with Crippen molar-refractivity contribution in [2.75, 3.05) is 6.61 Å². The largest absolute Gasteiger partial charge is 0.493 e. The molecule has 4 atom stereocenters. The van der Waals surface area contributed by atoms with Crippen molar-refractivity contribution in [3.8, 4) is 5.75 Å². The molecule has 1 aliphatic heterocycles. The SMILES string of the molecule is C=C(C)[C@H]1C[C@H](c2ccccc2Cl)[C@H](C)O[C@@H]1c1cc(CC(=O)O)ccc1OCCCC. The van der Waals surface area contributed by atoms with E-state index in [2.05, 4.69) is 26.5 Å². The standard InChI is InChI=1S/C27H33ClO4/c1-5-6-13-31-25-12-11-19(15-26(29)30)14-23(25)27-21(17(2)3)16-22(18(4)32-27)20-9-7-8-10-24(20)28/h7-12,14,18,21-22,27H,2,5-6,13,15-16H2,1,3-4H3,(H,29,30)/t18-,21+,22-,27-/m0/s1. The van der Waals surface area contributed by atoms with E-state index in [-0.39, 0.29) is 30.5 Å². The fourth-order valence-corrected chi connectivity index (χ4v) is 4.75. The topological polar surface area (TPSA) is 55.8 Å². The molecule has 1 fully saturated rings. The van der Waals surface area contributed by atoms with Crippen LogP contribution >= 0.6 is 11.6 Å². The monoisotopic (exact) mass is 456 g/mol. The molecule has 4 nitrogen and oxygen atoms in total. The molecule has 0 aromatic heterocycles. The molecular weight excluding hydrogens is 424 g/mol. The minimum absolute atomic E-state index is 0.0372. The molecule has 32 heavy (non-hydrogen) atoms. The number of benzene rings is 2. The first-order valence-corrected chi connectivity index (χ1v) is 11.7. The van der Waals surface area contributed by atoms with Crippen LogP contribution in [0.5, 0.6) is 5.75 Å². The minimum Gasteiger partial charge on any atom is -0.493 e. The number of aliphatic carboxylic acids is 1. The number of ether oxygens (including phenoxy) is 2. The highest BCUT2D eigenvalue weighted by atomic mass is 35.5. The van der Waals surface area contributed by atoms with Crippen molar-refractivity contribution >= 4 is 17.6 Å². The van der Waals surface area contributed by atoms with Crippen LogP contribution in [-0.2, 0) is 16.0 Å². The second-order valence-corrected chi connectivity index (χ2v) is 9.13. The molecule has 0 unspecified atom stereocenters. The maximum Gasteiger partial charge on any atom is 0.307 e. The van der Waals surface area contributed by atoms with E-state index in [1.807, 2.05) is 43.3 Å². The Morgan fingerprint density at radius 2 is 2.00 bits per heavy atom. The Hall–Kier alpha value is -2.30. The third kappa shape index (κ3) is 5.73. The molecule has 0 radical (unpaired) electrons. The number of carboxylic acids is 1. The first-order chi connectivity index (χ1) is 15.3. The molecule has 1 N–H and O–H groups in total. The average molecular weight is 457 g/mol. The van der Waals surface area contributed by atoms with Gasteiger partial charge in [-0.2, -0.15) is 0 Å². The van der Waals surface area contributed by atoms with Gasteiger partial charge in [0, 0.05) is 22.4 Å². The van der Waals surface area contributed by atoms with E-state index in [0.717, 1.165) is 52.3 Å². The smallest absolute Gasteiger partial charge is 0.307 e. The summed E-state index contributed by atoms with van der Waals surface area (Å²) < 4.78 is 12.7. The molecule has 3 rings (SSSR count). The Bertz CT molecular complexity index is 954. The summed E-state index contributed by atoms with van der Waals surface area (Å²) in [5.74, 6) is 0.102. The zero-order chi connectivity index (χ0) is 23.3. The van der Waals surface area contributed by atoms with E-state index in [9.17, 15) is 9.90 Å². The molecule has 1 saturated heterocycles. The average Bonchev–Trinajstić information content (AvgIpc) is 2.74. The number of hydrogen-bond donors (Lipinski definition) is 1. The number of carboxylic acid groups (broad SMARTS) is 1. The van der Waals surface area contributed by atoms with Gasteiger partial charge >= 0.3 is 5.97 Å². The van der Waals surface area contributed by atoms with E-state index in [0.29, 0.717) is 6.61 Å². The summed E-state index contributed by atoms with van der Waals surface area (Å²) in [6.07, 6.45) is 2.48. The second-order valence-electron chi connectivity index (χ2n) is 8.72. The van der Waals surface area contributed by atoms with Crippen LogP contribution in [0.3, 0.4) is 0 Å². The van der Waals surface area contributed by atoms with Crippen LogP contribution < -0.4 is 4.74 Å². The summed E-state index contributed by atoms with van der Waals surface area (Å²) in [6, 6.07) is 13.6. The van der Waals surface area contributed by atoms with E-state index >= 15 is 0 Å². The van der Waals surface area contributed by atoms with Crippen LogP contribution in [0.15, 0.2) is 54.6 Å². The van der Waals surface area contributed by atoms with E-state index in [4.69, 9.17) is 21.1 Å². The minimum atomic E-state index is -0.858. The highest BCUT2D eigenvalue weighted by Gasteiger charge is 2.39. The van der Waals surface area contributed by atoms with Crippen molar-refractivity contribution in [2.45, 2.75) is 64.6 Å². The lowest BCUT2D eigenvalue weighted by molar-refractivity contribution is -0.136. The van der Waals surface area contributed by atoms with Crippen molar-refractivity contribution < 1.29 is 19.4 Å². The summed E-state index contributed by atoms with van der Waals surface area (Å²) in [6.45, 7) is 11.1. The number of rotatable bonds is 9. The molecular formula is C27H33ClO4. The molecule has 0 saturated carbocycles. The van der Waals surface area contributed by atoms with Gasteiger partial charge in [-0.15, -0.1) is 0 Å². The lowest BCUT2D eigenvalue weighted by atomic mass is 9.75. The Balaban J connectivity index is 1.98. The van der Waals surface area contributed by atoms with E-state index in [1.165, 1.54) is 0 Å². The van der Waals surface area contributed by atoms with Gasteiger partial charge in [-0.1, -0.05) is 61.4 Å². The summed E-state index contributed by atoms with van der Waals surface area (Å²) >= 11 is 6.52. The van der Waals surface area contributed by atoms with E-state index in [1.54, 1.807) is 0 Å². The third-order valence-corrected chi connectivity index (χ3v) is 6.57. The number of unbranched alkanes of at least 4 members (excludes halogenated alkanes) is 1. The van der Waals surface area contributed by atoms with Crippen molar-refractivity contribution in [3.05, 3.63) is 76.3 Å². The zero-order valence-electron chi connectivity index (χ0n) is 19.1. The number of carbonyl (C=O) groups is 1. The predicted molar refractivity (Wildman–Crippen MR) is 129 cm³/mol. The van der Waals surface area contributed by atoms with Gasteiger partial charge in [0.15, 0.2) is 0 Å². The molecule has 0 amide bonds. The quantitative estimate of drug-likeness (QED) is 0.327. The van der Waals surface area contributed by atoms with Gasteiger partial charge in [0.05, 0.1) is 25.2 Å². The van der Waals surface area contributed by atoms with Gasteiger partial charge in [0.25, 0.3) is 0 Å². The molecule has 1 heterocycles. The van der Waals surface area contributed by atoms with Crippen molar-refractivity contribution in [1.29, 1.82) is 0 Å². The van der Waals surface area contributed by atoms with Crippen LogP contribution in [0, 0.1) is 5.92 Å². The highest BCUT2D eigenvalue weighted by molar-refractivity contribution is 6.31. The lowest BCUT2D eigenvalue weighted by Crippen LogP contribution is -2.34. The van der Waals surface area contributed by atoms with Crippen molar-refractivity contribution in [2.24, 2.45) is 5.92 Å². The Morgan fingerprint density at radius 1 is 1.25 bits per heavy atom. The summed E-state index contributed by atoms with van der Waals surface area (Å²) in [5, 5.41) is 10.0. The molecule has 5 heteroatoms. The first kappa shape index (κ1) is 24.3. The van der Waals surface area contributed by atoms with Crippen LogP contribution in [-0.4, -0.2) is 23.8 Å². The fraction of sp³-hybridized carbons (Fsp3) is 0.444. The predicted octanol–water partition coefficient (Wildman–Crippen LogP) is 6.97. The molecule has 2 aromatic rings. The van der Waals surface area contributed by atoms with Gasteiger partial charge in [-0.3, -0.25) is 4.79 Å². The zero-order valence-corrected chi connectivity index (χ0v) is 19.9. The first-order valence-electron chi connectivity index (χ1n) is 11.3. The van der Waals surface area contributed by atoms with Crippen molar-refractivity contribution in [3.63, 3.8) is 0 Å². The molecule has 0 aliphatic carbocycles. The second kappa shape index (κ2) is 11.0. The third-order valence-electron chi connectivity index (χ3n) is 6.23. The van der Waals surface area contributed by atoms with E-state index < -0.39 is 5.97 Å². The van der Waals surface area contributed by atoms with Crippen LogP contribution in [0.25, 0.3) is 0 Å². The number of halogens is 1. The van der Waals surface area contributed by atoms with Gasteiger partial charge in [0.1, 0.15) is 5.75 Å². The molecule has 0 bridgehead atoms. The highest BCUT2D eigenvalue weighted by Crippen LogP contribution is 2.49. The van der Waals surface area contributed by atoms with Crippen LogP contribution in [0.2, 0.25) is 5.02 Å². The van der Waals surface area contributed by atoms with Crippen LogP contribution in [0.1, 0.15) is 68.7 Å². The van der Waals surface area contributed by atoms with Gasteiger partial charge in [0.2, 0.25) is 0 Å². The molecule has 1 aliphatic rings. The number of hydrogen-bond acceptors (Lipinski definition) is 3. The van der Waals surface area contributed by atoms with Gasteiger partial charge in [-0.05, 0) is 56.0 Å². The summed E-state index contributed by atoms with van der Waals surface area (Å²) in [7, 11) is 0. The molecule has 0 spiro atoms. The Morgan fingerprint density at radius 3 is 2.66 bits per heavy atom. The molecule has 172 valence electrons. The Labute approximate surface area is 196 Å². The molecule has 2 aromatic carbocycles. The van der Waals surface area contributed by atoms with Gasteiger partial charge in [-0.25, -0.2) is 0 Å². The summed E-state index contributed by atoms with van der Waals surface area (Å²) in [5.41, 5.74) is 3.75.